The number of rotatable bonds is 4. The van der Waals surface area contributed by atoms with Gasteiger partial charge in [0.25, 0.3) is 0 Å². The molecule has 0 aliphatic heterocycles. The minimum Gasteiger partial charge on any atom is -0.370 e. The van der Waals surface area contributed by atoms with Crippen molar-refractivity contribution in [3.63, 3.8) is 0 Å². The van der Waals surface area contributed by atoms with E-state index in [1.807, 2.05) is 27.7 Å². The molecule has 5 N–H and O–H groups in total. The molecule has 0 radical (unpaired) electrons. The second-order valence-electron chi connectivity index (χ2n) is 4.87. The molecule has 0 saturated carbocycles. The van der Waals surface area contributed by atoms with Gasteiger partial charge in [0.2, 0.25) is 11.8 Å². The number of amides is 2. The smallest absolute Gasteiger partial charge is 0.237 e. The number of nitrogens with two attached hydrogens (primary N) is 2. The number of hydrogen-bond donors (Lipinski definition) is 3. The molecule has 0 aromatic carbocycles. The minimum atomic E-state index is -0.854. The van der Waals surface area contributed by atoms with Crippen LogP contribution in [0.15, 0.2) is 0 Å². The van der Waals surface area contributed by atoms with Gasteiger partial charge in [0.05, 0.1) is 12.5 Å². The Morgan fingerprint density at radius 3 is 2.13 bits per heavy atom. The van der Waals surface area contributed by atoms with E-state index in [1.165, 1.54) is 0 Å². The molecule has 5 heteroatoms. The molecule has 0 bridgehead atoms. The average Bonchev–Trinajstić information content (AvgIpc) is 2.00. The summed E-state index contributed by atoms with van der Waals surface area (Å²) in [5.74, 6) is -0.905. The van der Waals surface area contributed by atoms with E-state index in [0.29, 0.717) is 0 Å². The predicted molar refractivity (Wildman–Crippen MR) is 58.8 cm³/mol. The summed E-state index contributed by atoms with van der Waals surface area (Å²) < 4.78 is 0. The van der Waals surface area contributed by atoms with Gasteiger partial charge in [-0.15, -0.1) is 0 Å². The molecule has 0 aliphatic carbocycles. The number of carbonyl (C=O) groups is 2. The topological polar surface area (TPSA) is 98.2 Å². The van der Waals surface area contributed by atoms with Crippen molar-refractivity contribution in [2.24, 2.45) is 16.9 Å². The first-order valence-electron chi connectivity index (χ1n) is 4.99. The second kappa shape index (κ2) is 5.11. The highest BCUT2D eigenvalue weighted by Crippen LogP contribution is 2.18. The van der Waals surface area contributed by atoms with Gasteiger partial charge in [-0.3, -0.25) is 9.59 Å². The lowest BCUT2D eigenvalue weighted by Gasteiger charge is -2.29. The van der Waals surface area contributed by atoms with Crippen molar-refractivity contribution in [3.05, 3.63) is 0 Å². The number of hydrogen-bond acceptors (Lipinski definition) is 3. The summed E-state index contributed by atoms with van der Waals surface area (Å²) in [4.78, 5) is 22.1. The third-order valence-corrected chi connectivity index (χ3v) is 2.42. The molecule has 2 unspecified atom stereocenters. The Hall–Kier alpha value is -1.10. The van der Waals surface area contributed by atoms with Crippen LogP contribution in [0.1, 0.15) is 34.1 Å². The first-order chi connectivity index (χ1) is 6.64. The fourth-order valence-corrected chi connectivity index (χ4v) is 0.846. The van der Waals surface area contributed by atoms with E-state index in [4.69, 9.17) is 11.5 Å². The first-order valence-corrected chi connectivity index (χ1v) is 4.99. The molecule has 2 atom stereocenters. The maximum atomic E-state index is 11.5. The fourth-order valence-electron chi connectivity index (χ4n) is 0.846. The molecule has 0 spiro atoms. The normalized spacial score (nSPS) is 15.5. The van der Waals surface area contributed by atoms with E-state index in [2.05, 4.69) is 5.32 Å². The highest BCUT2D eigenvalue weighted by Gasteiger charge is 2.24. The maximum absolute atomic E-state index is 11.5. The molecule has 2 amide bonds. The zero-order valence-electron chi connectivity index (χ0n) is 9.83. The number of nitrogens with one attached hydrogen (secondary N) is 1. The molecular formula is C10H21N3O2. The fraction of sp³-hybridized carbons (Fsp3) is 0.800. The van der Waals surface area contributed by atoms with E-state index in [9.17, 15) is 9.59 Å². The molecule has 0 saturated heterocycles. The standard InChI is InChI=1S/C10H21N3O2/c1-6(10(2,3)4)13-9(15)7(11)5-8(12)14/h6-7H,5,11H2,1-4H3,(H2,12,14)(H,13,15). The Kier molecular flexibility index (Phi) is 4.74. The summed E-state index contributed by atoms with van der Waals surface area (Å²) >= 11 is 0. The van der Waals surface area contributed by atoms with Crippen LogP contribution in [0.4, 0.5) is 0 Å². The van der Waals surface area contributed by atoms with Gasteiger partial charge in [0.15, 0.2) is 0 Å². The molecule has 0 heterocycles. The third-order valence-electron chi connectivity index (χ3n) is 2.42. The average molecular weight is 215 g/mol. The van der Waals surface area contributed by atoms with Crippen LogP contribution in [0.5, 0.6) is 0 Å². The van der Waals surface area contributed by atoms with Crippen LogP contribution in [-0.2, 0) is 9.59 Å². The molecular weight excluding hydrogens is 194 g/mol. The Morgan fingerprint density at radius 1 is 1.33 bits per heavy atom. The molecule has 0 rings (SSSR count). The summed E-state index contributed by atoms with van der Waals surface area (Å²) in [5, 5.41) is 2.75. The highest BCUT2D eigenvalue weighted by atomic mass is 16.2. The van der Waals surface area contributed by atoms with Gasteiger partial charge in [-0.1, -0.05) is 20.8 Å². The van der Waals surface area contributed by atoms with Crippen LogP contribution in [0.2, 0.25) is 0 Å². The number of carbonyl (C=O) groups excluding carboxylic acids is 2. The van der Waals surface area contributed by atoms with Gasteiger partial charge in [-0.2, -0.15) is 0 Å². The highest BCUT2D eigenvalue weighted by molar-refractivity contribution is 5.87. The van der Waals surface area contributed by atoms with Gasteiger partial charge in [-0.25, -0.2) is 0 Å². The van der Waals surface area contributed by atoms with E-state index in [1.54, 1.807) is 0 Å². The Bertz CT molecular complexity index is 246. The molecule has 0 fully saturated rings. The lowest BCUT2D eigenvalue weighted by molar-refractivity contribution is -0.127. The van der Waals surface area contributed by atoms with Crippen molar-refractivity contribution in [1.29, 1.82) is 0 Å². The first kappa shape index (κ1) is 13.9. The largest absolute Gasteiger partial charge is 0.370 e. The van der Waals surface area contributed by atoms with Gasteiger partial charge >= 0.3 is 0 Å². The number of primary amides is 1. The summed E-state index contributed by atoms with van der Waals surface area (Å²) in [6.07, 6.45) is -0.122. The van der Waals surface area contributed by atoms with Crippen molar-refractivity contribution >= 4 is 11.8 Å². The van der Waals surface area contributed by atoms with E-state index in [-0.39, 0.29) is 23.8 Å². The lowest BCUT2D eigenvalue weighted by atomic mass is 9.88. The zero-order chi connectivity index (χ0) is 12.2. The Balaban J connectivity index is 4.19. The second-order valence-corrected chi connectivity index (χ2v) is 4.87. The summed E-state index contributed by atoms with van der Waals surface area (Å²) in [6, 6.07) is -0.865. The summed E-state index contributed by atoms with van der Waals surface area (Å²) in [6.45, 7) is 7.93. The van der Waals surface area contributed by atoms with Crippen LogP contribution in [0.3, 0.4) is 0 Å². The van der Waals surface area contributed by atoms with Crippen LogP contribution in [0.25, 0.3) is 0 Å². The van der Waals surface area contributed by atoms with E-state index >= 15 is 0 Å². The van der Waals surface area contributed by atoms with Gasteiger partial charge < -0.3 is 16.8 Å². The van der Waals surface area contributed by atoms with Crippen molar-refractivity contribution in [3.8, 4) is 0 Å². The SMILES string of the molecule is CC(NC(=O)C(N)CC(N)=O)C(C)(C)C. The molecule has 0 aromatic heterocycles. The van der Waals surface area contributed by atoms with Gasteiger partial charge in [-0.05, 0) is 12.3 Å². The minimum absolute atomic E-state index is 0.0103. The van der Waals surface area contributed by atoms with Crippen LogP contribution in [0, 0.1) is 5.41 Å². The summed E-state index contributed by atoms with van der Waals surface area (Å²) in [5.41, 5.74) is 10.4. The van der Waals surface area contributed by atoms with Crippen molar-refractivity contribution < 1.29 is 9.59 Å². The predicted octanol–water partition coefficient (Wildman–Crippen LogP) is -0.260. The zero-order valence-corrected chi connectivity index (χ0v) is 9.83. The van der Waals surface area contributed by atoms with Crippen molar-refractivity contribution in [1.82, 2.24) is 5.32 Å². The molecule has 5 nitrogen and oxygen atoms in total. The van der Waals surface area contributed by atoms with Crippen molar-refractivity contribution in [2.75, 3.05) is 0 Å². The van der Waals surface area contributed by atoms with Crippen LogP contribution < -0.4 is 16.8 Å². The van der Waals surface area contributed by atoms with Gasteiger partial charge in [0.1, 0.15) is 0 Å². The molecule has 0 aliphatic rings. The van der Waals surface area contributed by atoms with Gasteiger partial charge in [0, 0.05) is 6.04 Å². The monoisotopic (exact) mass is 215 g/mol. The molecule has 15 heavy (non-hydrogen) atoms. The van der Waals surface area contributed by atoms with E-state index < -0.39 is 11.9 Å². The summed E-state index contributed by atoms with van der Waals surface area (Å²) in [7, 11) is 0. The van der Waals surface area contributed by atoms with Crippen LogP contribution in [-0.4, -0.2) is 23.9 Å². The lowest BCUT2D eigenvalue weighted by Crippen LogP contribution is -2.49. The Labute approximate surface area is 90.6 Å². The maximum Gasteiger partial charge on any atom is 0.237 e. The molecule has 0 aromatic rings. The van der Waals surface area contributed by atoms with E-state index in [0.717, 1.165) is 0 Å². The Morgan fingerprint density at radius 2 is 1.80 bits per heavy atom. The quantitative estimate of drug-likeness (QED) is 0.602. The van der Waals surface area contributed by atoms with Crippen molar-refractivity contribution in [2.45, 2.75) is 46.2 Å². The third kappa shape index (κ3) is 5.37. The molecule has 88 valence electrons. The van der Waals surface area contributed by atoms with Crippen LogP contribution >= 0.6 is 0 Å².